The monoisotopic (exact) mass is 86.1 g/mol. The first-order chi connectivity index (χ1) is 2.91. The van der Waals surface area contributed by atoms with E-state index in [9.17, 15) is 0 Å². The first-order valence-electron chi connectivity index (χ1n) is 1.72. The highest BCUT2D eigenvalue weighted by molar-refractivity contribution is 5.97. The zero-order valence-corrected chi connectivity index (χ0v) is 3.81. The molecule has 0 saturated carbocycles. The standard InChI is InChI=1S/C3H7BO2/c1-5-2-3-6-4/h2-3H2,1H3. The van der Waals surface area contributed by atoms with E-state index in [0.717, 1.165) is 0 Å². The van der Waals surface area contributed by atoms with E-state index in [1.54, 1.807) is 7.11 Å². The molecule has 0 atom stereocenters. The summed E-state index contributed by atoms with van der Waals surface area (Å²) in [6.07, 6.45) is 0. The van der Waals surface area contributed by atoms with Crippen LogP contribution in [0.1, 0.15) is 0 Å². The van der Waals surface area contributed by atoms with Crippen LogP contribution in [0, 0.1) is 0 Å². The first kappa shape index (κ1) is 5.98. The van der Waals surface area contributed by atoms with Gasteiger partial charge >= 0.3 is 0 Å². The fourth-order valence-electron chi connectivity index (χ4n) is 0.131. The van der Waals surface area contributed by atoms with Crippen LogP contribution in [0.15, 0.2) is 0 Å². The lowest BCUT2D eigenvalue weighted by Gasteiger charge is -1.92. The Morgan fingerprint density at radius 2 is 2.17 bits per heavy atom. The maximum absolute atomic E-state index is 4.63. The van der Waals surface area contributed by atoms with Gasteiger partial charge in [0.25, 0.3) is 8.05 Å². The number of ether oxygens (including phenoxy) is 1. The molecule has 0 spiro atoms. The summed E-state index contributed by atoms with van der Waals surface area (Å²) in [4.78, 5) is 0. The van der Waals surface area contributed by atoms with Crippen LogP contribution in [-0.2, 0) is 9.39 Å². The van der Waals surface area contributed by atoms with Crippen molar-refractivity contribution in [3.63, 3.8) is 0 Å². The van der Waals surface area contributed by atoms with Gasteiger partial charge in [0.15, 0.2) is 0 Å². The molecule has 0 saturated heterocycles. The second-order valence-electron chi connectivity index (χ2n) is 0.864. The van der Waals surface area contributed by atoms with Crippen LogP contribution in [0.25, 0.3) is 0 Å². The third-order valence-corrected chi connectivity index (χ3v) is 0.405. The Labute approximate surface area is 38.9 Å². The van der Waals surface area contributed by atoms with E-state index in [2.05, 4.69) is 17.4 Å². The molecule has 0 aliphatic rings. The fraction of sp³-hybridized carbons (Fsp3) is 1.00. The summed E-state index contributed by atoms with van der Waals surface area (Å²) in [6.45, 7) is 1.03. The summed E-state index contributed by atoms with van der Waals surface area (Å²) in [5.74, 6) is 0. The van der Waals surface area contributed by atoms with E-state index in [-0.39, 0.29) is 0 Å². The van der Waals surface area contributed by atoms with Gasteiger partial charge in [0.2, 0.25) is 0 Å². The average Bonchev–Trinajstić information content (AvgIpc) is 1.61. The van der Waals surface area contributed by atoms with E-state index in [0.29, 0.717) is 13.2 Å². The van der Waals surface area contributed by atoms with Gasteiger partial charge in [0.05, 0.1) is 13.2 Å². The van der Waals surface area contributed by atoms with Crippen LogP contribution in [-0.4, -0.2) is 28.4 Å². The third-order valence-electron chi connectivity index (χ3n) is 0.405. The van der Waals surface area contributed by atoms with Gasteiger partial charge in [-0.15, -0.1) is 0 Å². The molecular formula is C3H7BO2. The molecule has 0 aromatic carbocycles. The van der Waals surface area contributed by atoms with Gasteiger partial charge in [-0.05, 0) is 0 Å². The molecule has 0 bridgehead atoms. The summed E-state index contributed by atoms with van der Waals surface area (Å²) in [5, 5.41) is 0. The van der Waals surface area contributed by atoms with Gasteiger partial charge in [0.1, 0.15) is 0 Å². The van der Waals surface area contributed by atoms with Crippen molar-refractivity contribution in [2.45, 2.75) is 0 Å². The molecule has 3 heteroatoms. The molecule has 0 aromatic rings. The quantitative estimate of drug-likeness (QED) is 0.347. The molecule has 0 fully saturated rings. The van der Waals surface area contributed by atoms with Gasteiger partial charge in [-0.1, -0.05) is 0 Å². The Kier molecular flexibility index (Phi) is 4.97. The molecular weight excluding hydrogens is 78.8 g/mol. The van der Waals surface area contributed by atoms with E-state index < -0.39 is 0 Å². The highest BCUT2D eigenvalue weighted by Gasteiger charge is 1.73. The molecule has 2 radical (unpaired) electrons. The second-order valence-corrected chi connectivity index (χ2v) is 0.864. The van der Waals surface area contributed by atoms with E-state index in [1.165, 1.54) is 0 Å². The number of methoxy groups -OCH3 is 1. The maximum atomic E-state index is 4.63. The Morgan fingerprint density at radius 3 is 2.33 bits per heavy atom. The Morgan fingerprint density at radius 1 is 1.50 bits per heavy atom. The predicted octanol–water partition coefficient (Wildman–Crippen LogP) is -0.267. The van der Waals surface area contributed by atoms with Gasteiger partial charge in [0, 0.05) is 7.11 Å². The Bertz CT molecular complexity index is 20.8. The van der Waals surface area contributed by atoms with Crippen molar-refractivity contribution in [2.75, 3.05) is 20.3 Å². The summed E-state index contributed by atoms with van der Waals surface area (Å²) in [6, 6.07) is 0. The van der Waals surface area contributed by atoms with Crippen molar-refractivity contribution in [3.8, 4) is 0 Å². The van der Waals surface area contributed by atoms with Crippen LogP contribution in [0.5, 0.6) is 0 Å². The van der Waals surface area contributed by atoms with Crippen molar-refractivity contribution in [1.29, 1.82) is 0 Å². The lowest BCUT2D eigenvalue weighted by molar-refractivity contribution is 0.152. The summed E-state index contributed by atoms with van der Waals surface area (Å²) in [5.41, 5.74) is 0. The lowest BCUT2D eigenvalue weighted by atomic mass is 10.6. The molecule has 0 aliphatic carbocycles. The van der Waals surface area contributed by atoms with Crippen LogP contribution in [0.4, 0.5) is 0 Å². The second kappa shape index (κ2) is 4.98. The Balaban J connectivity index is 2.34. The number of hydrogen-bond donors (Lipinski definition) is 0. The normalized spacial score (nSPS) is 8.83. The highest BCUT2D eigenvalue weighted by Crippen LogP contribution is 1.64. The zero-order chi connectivity index (χ0) is 4.83. The summed E-state index contributed by atoms with van der Waals surface area (Å²) in [7, 11) is 6.23. The fourth-order valence-corrected chi connectivity index (χ4v) is 0.131. The van der Waals surface area contributed by atoms with Crippen molar-refractivity contribution in [3.05, 3.63) is 0 Å². The molecule has 2 nitrogen and oxygen atoms in total. The predicted molar refractivity (Wildman–Crippen MR) is 23.6 cm³/mol. The largest absolute Gasteiger partial charge is 0.445 e. The SMILES string of the molecule is [B]OCCOC. The molecule has 0 N–H and O–H groups in total. The molecule has 0 unspecified atom stereocenters. The van der Waals surface area contributed by atoms with Crippen LogP contribution >= 0.6 is 0 Å². The maximum Gasteiger partial charge on any atom is 0.282 e. The Hall–Kier alpha value is -0.0151. The number of rotatable bonds is 3. The molecule has 6 heavy (non-hydrogen) atoms. The minimum Gasteiger partial charge on any atom is -0.445 e. The van der Waals surface area contributed by atoms with Crippen molar-refractivity contribution < 1.29 is 9.39 Å². The average molecular weight is 85.9 g/mol. The molecule has 0 amide bonds. The highest BCUT2D eigenvalue weighted by atomic mass is 16.5. The van der Waals surface area contributed by atoms with Gasteiger partial charge in [-0.3, -0.25) is 0 Å². The minimum atomic E-state index is 0.469. The van der Waals surface area contributed by atoms with Crippen molar-refractivity contribution >= 4 is 8.05 Å². The zero-order valence-electron chi connectivity index (χ0n) is 3.81. The van der Waals surface area contributed by atoms with Crippen LogP contribution in [0.2, 0.25) is 0 Å². The van der Waals surface area contributed by atoms with Gasteiger partial charge in [-0.2, -0.15) is 0 Å². The molecule has 0 aromatic heterocycles. The third kappa shape index (κ3) is 3.98. The van der Waals surface area contributed by atoms with E-state index in [4.69, 9.17) is 0 Å². The molecule has 0 heterocycles. The van der Waals surface area contributed by atoms with Crippen LogP contribution < -0.4 is 0 Å². The smallest absolute Gasteiger partial charge is 0.282 e. The van der Waals surface area contributed by atoms with Gasteiger partial charge in [-0.25, -0.2) is 0 Å². The topological polar surface area (TPSA) is 18.5 Å². The van der Waals surface area contributed by atoms with Gasteiger partial charge < -0.3 is 9.39 Å². The molecule has 34 valence electrons. The summed E-state index contributed by atoms with van der Waals surface area (Å²) < 4.78 is 8.73. The van der Waals surface area contributed by atoms with Crippen molar-refractivity contribution in [2.24, 2.45) is 0 Å². The van der Waals surface area contributed by atoms with Crippen molar-refractivity contribution in [1.82, 2.24) is 0 Å². The minimum absolute atomic E-state index is 0.469. The molecule has 0 aliphatic heterocycles. The van der Waals surface area contributed by atoms with E-state index in [1.807, 2.05) is 0 Å². The first-order valence-corrected chi connectivity index (χ1v) is 1.72. The van der Waals surface area contributed by atoms with Crippen LogP contribution in [0.3, 0.4) is 0 Å². The lowest BCUT2D eigenvalue weighted by Crippen LogP contribution is -1.97. The van der Waals surface area contributed by atoms with E-state index >= 15 is 0 Å². The number of hydrogen-bond acceptors (Lipinski definition) is 2. The molecule has 0 rings (SSSR count). The summed E-state index contributed by atoms with van der Waals surface area (Å²) >= 11 is 0.